The Kier molecular flexibility index (Phi) is 5.87. The van der Waals surface area contributed by atoms with Crippen LogP contribution in [0.5, 0.6) is 5.75 Å². The smallest absolute Gasteiger partial charge is 0.389 e. The molecular formula is C16H21F3N2O2. The highest BCUT2D eigenvalue weighted by atomic mass is 19.4. The highest BCUT2D eigenvalue weighted by Crippen LogP contribution is 2.30. The maximum Gasteiger partial charge on any atom is 0.389 e. The van der Waals surface area contributed by atoms with Crippen LogP contribution in [0, 0.1) is 5.92 Å². The molecule has 0 bridgehead atoms. The van der Waals surface area contributed by atoms with Crippen molar-refractivity contribution >= 4 is 5.91 Å². The van der Waals surface area contributed by atoms with Gasteiger partial charge in [-0.15, -0.1) is 0 Å². The van der Waals surface area contributed by atoms with Gasteiger partial charge in [0, 0.05) is 25.1 Å². The van der Waals surface area contributed by atoms with Gasteiger partial charge in [-0.25, -0.2) is 0 Å². The van der Waals surface area contributed by atoms with Gasteiger partial charge in [0.15, 0.2) is 0 Å². The summed E-state index contributed by atoms with van der Waals surface area (Å²) < 4.78 is 42.3. The zero-order chi connectivity index (χ0) is 16.9. The number of amides is 1. The molecule has 0 spiro atoms. The largest absolute Gasteiger partial charge is 0.496 e. The molecule has 128 valence electrons. The van der Waals surface area contributed by atoms with Crippen LogP contribution in [0.3, 0.4) is 0 Å². The van der Waals surface area contributed by atoms with Crippen LogP contribution in [-0.4, -0.2) is 43.7 Å². The Labute approximate surface area is 133 Å². The summed E-state index contributed by atoms with van der Waals surface area (Å²) in [6.45, 7) is 1.32. The summed E-state index contributed by atoms with van der Waals surface area (Å²) in [5, 5.41) is 2.78. The van der Waals surface area contributed by atoms with Crippen molar-refractivity contribution in [3.05, 3.63) is 29.8 Å². The number of carbonyl (C=O) groups excluding carboxylic acids is 1. The summed E-state index contributed by atoms with van der Waals surface area (Å²) in [5.41, 5.74) is 0.861. The normalized spacial score (nSPS) is 18.9. The van der Waals surface area contributed by atoms with Crippen molar-refractivity contribution in [2.75, 3.05) is 26.7 Å². The van der Waals surface area contributed by atoms with Crippen molar-refractivity contribution in [2.45, 2.75) is 25.6 Å². The van der Waals surface area contributed by atoms with E-state index in [1.165, 1.54) is 0 Å². The molecular weight excluding hydrogens is 309 g/mol. The van der Waals surface area contributed by atoms with Crippen molar-refractivity contribution in [2.24, 2.45) is 5.92 Å². The van der Waals surface area contributed by atoms with Crippen LogP contribution in [-0.2, 0) is 11.3 Å². The van der Waals surface area contributed by atoms with Crippen molar-refractivity contribution < 1.29 is 22.7 Å². The lowest BCUT2D eigenvalue weighted by Crippen LogP contribution is -2.36. The number of hydrogen-bond acceptors (Lipinski definition) is 3. The molecule has 4 nitrogen and oxygen atoms in total. The van der Waals surface area contributed by atoms with Crippen molar-refractivity contribution in [3.8, 4) is 5.75 Å². The molecule has 1 aliphatic heterocycles. The molecule has 0 aliphatic carbocycles. The number of benzene rings is 1. The average Bonchev–Trinajstić information content (AvgIpc) is 2.90. The van der Waals surface area contributed by atoms with Gasteiger partial charge in [0.2, 0.25) is 5.91 Å². The Morgan fingerprint density at radius 1 is 1.39 bits per heavy atom. The first kappa shape index (κ1) is 17.6. The quantitative estimate of drug-likeness (QED) is 0.872. The first-order chi connectivity index (χ1) is 10.9. The summed E-state index contributed by atoms with van der Waals surface area (Å²) in [6.07, 6.45) is -4.42. The van der Waals surface area contributed by atoms with E-state index in [4.69, 9.17) is 4.74 Å². The standard InChI is InChI=1S/C16H21F3N2O2/c1-23-14-5-3-2-4-13(14)9-20-15(22)11-21-7-6-12(10-21)8-16(17,18)19/h2-5,12H,6-11H2,1H3,(H,20,22). The molecule has 1 saturated heterocycles. The lowest BCUT2D eigenvalue weighted by Gasteiger charge is -2.17. The highest BCUT2D eigenvalue weighted by Gasteiger charge is 2.35. The number of nitrogens with zero attached hydrogens (tertiary/aromatic N) is 1. The summed E-state index contributed by atoms with van der Waals surface area (Å²) in [7, 11) is 1.56. The molecule has 1 aliphatic rings. The van der Waals surface area contributed by atoms with Crippen molar-refractivity contribution in [1.82, 2.24) is 10.2 Å². The minimum Gasteiger partial charge on any atom is -0.496 e. The molecule has 7 heteroatoms. The number of likely N-dealkylation sites (tertiary alicyclic amines) is 1. The Morgan fingerprint density at radius 3 is 2.83 bits per heavy atom. The molecule has 0 radical (unpaired) electrons. The summed E-state index contributed by atoms with van der Waals surface area (Å²) in [4.78, 5) is 13.7. The maximum atomic E-state index is 12.4. The van der Waals surface area contributed by atoms with E-state index in [0.29, 0.717) is 31.8 Å². The summed E-state index contributed by atoms with van der Waals surface area (Å²) in [5.74, 6) is 0.0970. The fourth-order valence-corrected chi connectivity index (χ4v) is 2.85. The van der Waals surface area contributed by atoms with Gasteiger partial charge in [0.1, 0.15) is 5.75 Å². The van der Waals surface area contributed by atoms with Crippen LogP contribution >= 0.6 is 0 Å². The fraction of sp³-hybridized carbons (Fsp3) is 0.562. The Hall–Kier alpha value is -1.76. The topological polar surface area (TPSA) is 41.6 Å². The monoisotopic (exact) mass is 330 g/mol. The summed E-state index contributed by atoms with van der Waals surface area (Å²) in [6, 6.07) is 7.36. The molecule has 1 heterocycles. The Balaban J connectivity index is 1.75. The second-order valence-electron chi connectivity index (χ2n) is 5.80. The fourth-order valence-electron chi connectivity index (χ4n) is 2.85. The van der Waals surface area contributed by atoms with Gasteiger partial charge >= 0.3 is 6.18 Å². The second-order valence-corrected chi connectivity index (χ2v) is 5.80. The van der Waals surface area contributed by atoms with Gasteiger partial charge in [0.05, 0.1) is 13.7 Å². The molecule has 1 aromatic carbocycles. The lowest BCUT2D eigenvalue weighted by atomic mass is 10.1. The number of nitrogens with one attached hydrogen (secondary N) is 1. The number of carbonyl (C=O) groups is 1. The molecule has 1 fully saturated rings. The van der Waals surface area contributed by atoms with E-state index in [-0.39, 0.29) is 12.5 Å². The van der Waals surface area contributed by atoms with Crippen LogP contribution in [0.4, 0.5) is 13.2 Å². The third-order valence-corrected chi connectivity index (χ3v) is 3.93. The summed E-state index contributed by atoms with van der Waals surface area (Å²) >= 11 is 0. The average molecular weight is 330 g/mol. The number of hydrogen-bond donors (Lipinski definition) is 1. The highest BCUT2D eigenvalue weighted by molar-refractivity contribution is 5.78. The minimum atomic E-state index is -4.13. The zero-order valence-corrected chi connectivity index (χ0v) is 13.0. The molecule has 2 rings (SSSR count). The van der Waals surface area contributed by atoms with Crippen molar-refractivity contribution in [3.63, 3.8) is 0 Å². The molecule has 1 unspecified atom stereocenters. The van der Waals surface area contributed by atoms with Gasteiger partial charge in [-0.1, -0.05) is 18.2 Å². The van der Waals surface area contributed by atoms with E-state index >= 15 is 0 Å². The van der Waals surface area contributed by atoms with Gasteiger partial charge in [-0.3, -0.25) is 9.69 Å². The zero-order valence-electron chi connectivity index (χ0n) is 13.0. The first-order valence-corrected chi connectivity index (χ1v) is 7.55. The maximum absolute atomic E-state index is 12.4. The second kappa shape index (κ2) is 7.68. The lowest BCUT2D eigenvalue weighted by molar-refractivity contribution is -0.143. The van der Waals surface area contributed by atoms with E-state index in [1.54, 1.807) is 12.0 Å². The molecule has 1 atom stereocenters. The third kappa shape index (κ3) is 5.74. The van der Waals surface area contributed by atoms with E-state index in [9.17, 15) is 18.0 Å². The van der Waals surface area contributed by atoms with Gasteiger partial charge < -0.3 is 10.1 Å². The Bertz CT molecular complexity index is 534. The third-order valence-electron chi connectivity index (χ3n) is 3.93. The number of halogens is 3. The molecule has 0 saturated carbocycles. The molecule has 1 N–H and O–H groups in total. The molecule has 0 aromatic heterocycles. The van der Waals surface area contributed by atoms with Gasteiger partial charge in [-0.2, -0.15) is 13.2 Å². The SMILES string of the molecule is COc1ccccc1CNC(=O)CN1CCC(CC(F)(F)F)C1. The van der Waals surface area contributed by atoms with Crippen LogP contribution in [0.15, 0.2) is 24.3 Å². The predicted octanol–water partition coefficient (Wildman–Crippen LogP) is 2.59. The van der Waals surface area contributed by atoms with Crippen LogP contribution in [0.2, 0.25) is 0 Å². The van der Waals surface area contributed by atoms with Gasteiger partial charge in [0.25, 0.3) is 0 Å². The van der Waals surface area contributed by atoms with Crippen molar-refractivity contribution in [1.29, 1.82) is 0 Å². The number of ether oxygens (including phenoxy) is 1. The van der Waals surface area contributed by atoms with E-state index in [2.05, 4.69) is 5.32 Å². The number of alkyl halides is 3. The number of rotatable bonds is 6. The predicted molar refractivity (Wildman–Crippen MR) is 80.1 cm³/mol. The van der Waals surface area contributed by atoms with Crippen LogP contribution in [0.25, 0.3) is 0 Å². The first-order valence-electron chi connectivity index (χ1n) is 7.55. The Morgan fingerprint density at radius 2 is 2.13 bits per heavy atom. The number of methoxy groups -OCH3 is 1. The van der Waals surface area contributed by atoms with Crippen LogP contribution in [0.1, 0.15) is 18.4 Å². The van der Waals surface area contributed by atoms with E-state index < -0.39 is 18.5 Å². The molecule has 23 heavy (non-hydrogen) atoms. The van der Waals surface area contributed by atoms with Gasteiger partial charge in [-0.05, 0) is 24.9 Å². The van der Waals surface area contributed by atoms with E-state index in [0.717, 1.165) is 5.56 Å². The van der Waals surface area contributed by atoms with E-state index in [1.807, 2.05) is 24.3 Å². The molecule has 1 aromatic rings. The minimum absolute atomic E-state index is 0.128. The van der Waals surface area contributed by atoms with Crippen LogP contribution < -0.4 is 10.1 Å². The number of para-hydroxylation sites is 1. The molecule has 1 amide bonds.